The van der Waals surface area contributed by atoms with E-state index >= 15 is 0 Å². The molecule has 0 aliphatic carbocycles. The van der Waals surface area contributed by atoms with E-state index in [9.17, 15) is 9.59 Å². The van der Waals surface area contributed by atoms with Gasteiger partial charge in [0.2, 0.25) is 5.91 Å². The van der Waals surface area contributed by atoms with Crippen molar-refractivity contribution in [3.05, 3.63) is 11.9 Å². The molecule has 1 aliphatic heterocycles. The van der Waals surface area contributed by atoms with E-state index in [2.05, 4.69) is 15.5 Å². The Morgan fingerprint density at radius 3 is 2.65 bits per heavy atom. The lowest BCUT2D eigenvalue weighted by atomic mass is 10.0. The molecule has 7 nitrogen and oxygen atoms in total. The van der Waals surface area contributed by atoms with Crippen LogP contribution in [0, 0.1) is 6.92 Å². The molecular weight excluding hydrogens is 260 g/mol. The summed E-state index contributed by atoms with van der Waals surface area (Å²) in [5.74, 6) is -0.216. The fourth-order valence-electron chi connectivity index (χ4n) is 1.90. The third-order valence-electron chi connectivity index (χ3n) is 3.04. The predicted octanol–water partition coefficient (Wildman–Crippen LogP) is 1.67. The van der Waals surface area contributed by atoms with E-state index in [0.717, 1.165) is 0 Å². The number of aromatic nitrogens is 2. The van der Waals surface area contributed by atoms with Gasteiger partial charge in [-0.15, -0.1) is 0 Å². The largest absolute Gasteiger partial charge is 0.444 e. The second-order valence-electron chi connectivity index (χ2n) is 5.85. The maximum atomic E-state index is 12.1. The number of nitrogens with one attached hydrogen (secondary N) is 2. The molecule has 0 spiro atoms. The number of amides is 2. The zero-order chi connectivity index (χ0) is 14.9. The zero-order valence-corrected chi connectivity index (χ0v) is 12.2. The number of likely N-dealkylation sites (tertiary alicyclic amines) is 1. The number of hydrogen-bond donors (Lipinski definition) is 2. The summed E-state index contributed by atoms with van der Waals surface area (Å²) in [7, 11) is 0. The van der Waals surface area contributed by atoms with Crippen molar-refractivity contribution < 1.29 is 14.3 Å². The highest BCUT2D eigenvalue weighted by atomic mass is 16.6. The van der Waals surface area contributed by atoms with Crippen molar-refractivity contribution in [2.75, 3.05) is 11.9 Å². The molecule has 110 valence electrons. The summed E-state index contributed by atoms with van der Waals surface area (Å²) in [5.41, 5.74) is 0.780. The summed E-state index contributed by atoms with van der Waals surface area (Å²) in [6.45, 7) is 7.73. The van der Waals surface area contributed by atoms with Crippen LogP contribution in [0.25, 0.3) is 0 Å². The lowest BCUT2D eigenvalue weighted by Crippen LogP contribution is -2.57. The Kier molecular flexibility index (Phi) is 3.69. The maximum Gasteiger partial charge on any atom is 0.410 e. The number of aromatic amines is 1. The van der Waals surface area contributed by atoms with Crippen molar-refractivity contribution in [2.45, 2.75) is 45.8 Å². The van der Waals surface area contributed by atoms with Crippen molar-refractivity contribution >= 4 is 17.7 Å². The van der Waals surface area contributed by atoms with Gasteiger partial charge in [0.1, 0.15) is 11.6 Å². The summed E-state index contributed by atoms with van der Waals surface area (Å²) >= 11 is 0. The van der Waals surface area contributed by atoms with Gasteiger partial charge in [0.25, 0.3) is 0 Å². The van der Waals surface area contributed by atoms with Crippen molar-refractivity contribution in [3.8, 4) is 0 Å². The van der Waals surface area contributed by atoms with E-state index in [0.29, 0.717) is 24.3 Å². The van der Waals surface area contributed by atoms with Gasteiger partial charge in [-0.1, -0.05) is 0 Å². The van der Waals surface area contributed by atoms with Crippen molar-refractivity contribution in [3.63, 3.8) is 0 Å². The third-order valence-corrected chi connectivity index (χ3v) is 3.04. The lowest BCUT2D eigenvalue weighted by Gasteiger charge is -2.40. The molecule has 1 aromatic rings. The number of carbonyl (C=O) groups is 2. The van der Waals surface area contributed by atoms with E-state index in [-0.39, 0.29) is 5.91 Å². The number of ether oxygens (including phenoxy) is 1. The van der Waals surface area contributed by atoms with Crippen LogP contribution in [-0.2, 0) is 9.53 Å². The second-order valence-corrected chi connectivity index (χ2v) is 5.85. The predicted molar refractivity (Wildman–Crippen MR) is 73.3 cm³/mol. The van der Waals surface area contributed by atoms with Crippen LogP contribution in [0.1, 0.15) is 32.9 Å². The van der Waals surface area contributed by atoms with E-state index < -0.39 is 17.7 Å². The number of anilines is 1. The molecule has 1 aromatic heterocycles. The smallest absolute Gasteiger partial charge is 0.410 e. The number of rotatable bonds is 2. The third kappa shape index (κ3) is 3.09. The fraction of sp³-hybridized carbons (Fsp3) is 0.615. The first-order chi connectivity index (χ1) is 9.28. The molecule has 1 fully saturated rings. The highest BCUT2D eigenvalue weighted by Gasteiger charge is 2.40. The molecule has 0 radical (unpaired) electrons. The van der Waals surface area contributed by atoms with Gasteiger partial charge in [-0.2, -0.15) is 5.10 Å². The number of nitrogens with zero attached hydrogens (tertiary/aromatic N) is 2. The second kappa shape index (κ2) is 5.15. The number of carbonyl (C=O) groups excluding carboxylic acids is 2. The van der Waals surface area contributed by atoms with Gasteiger partial charge in [0, 0.05) is 12.7 Å². The lowest BCUT2D eigenvalue weighted by molar-refractivity contribution is -0.125. The van der Waals surface area contributed by atoms with Gasteiger partial charge in [-0.05, 0) is 34.1 Å². The summed E-state index contributed by atoms with van der Waals surface area (Å²) < 4.78 is 5.27. The minimum absolute atomic E-state index is 0.216. The minimum Gasteiger partial charge on any atom is -0.444 e. The molecule has 0 bridgehead atoms. The summed E-state index contributed by atoms with van der Waals surface area (Å²) in [4.78, 5) is 25.5. The van der Waals surface area contributed by atoms with Crippen LogP contribution in [0.3, 0.4) is 0 Å². The van der Waals surface area contributed by atoms with Crippen LogP contribution in [0.5, 0.6) is 0 Å². The molecule has 2 amide bonds. The summed E-state index contributed by atoms with van der Waals surface area (Å²) in [6, 6.07) is -0.473. The molecule has 1 aliphatic rings. The average molecular weight is 280 g/mol. The SMILES string of the molecule is Cc1n[nH]cc1NC(=O)[C@@H]1CCN1C(=O)OC(C)(C)C. The fourth-order valence-corrected chi connectivity index (χ4v) is 1.90. The monoisotopic (exact) mass is 280 g/mol. The molecule has 20 heavy (non-hydrogen) atoms. The maximum absolute atomic E-state index is 12.1. The van der Waals surface area contributed by atoms with E-state index in [1.165, 1.54) is 4.90 Å². The van der Waals surface area contributed by atoms with Crippen molar-refractivity contribution in [1.82, 2.24) is 15.1 Å². The van der Waals surface area contributed by atoms with Gasteiger partial charge >= 0.3 is 6.09 Å². The highest BCUT2D eigenvalue weighted by Crippen LogP contribution is 2.23. The number of hydrogen-bond acceptors (Lipinski definition) is 4. The highest BCUT2D eigenvalue weighted by molar-refractivity contribution is 5.97. The van der Waals surface area contributed by atoms with Crippen LogP contribution in [0.2, 0.25) is 0 Å². The van der Waals surface area contributed by atoms with Gasteiger partial charge in [0.15, 0.2) is 0 Å². The Balaban J connectivity index is 1.95. The quantitative estimate of drug-likeness (QED) is 0.862. The standard InChI is InChI=1S/C13H20N4O3/c1-8-9(7-14-16-8)15-11(18)10-5-6-17(10)12(19)20-13(2,3)4/h7,10H,5-6H2,1-4H3,(H,14,16)(H,15,18)/t10-/m0/s1. The van der Waals surface area contributed by atoms with Gasteiger partial charge in [0.05, 0.1) is 11.4 Å². The van der Waals surface area contributed by atoms with Crippen LogP contribution in [-0.4, -0.2) is 45.3 Å². The first-order valence-electron chi connectivity index (χ1n) is 6.59. The molecule has 1 saturated heterocycles. The van der Waals surface area contributed by atoms with Crippen LogP contribution >= 0.6 is 0 Å². The van der Waals surface area contributed by atoms with Crippen molar-refractivity contribution in [2.24, 2.45) is 0 Å². The van der Waals surface area contributed by atoms with E-state index in [1.807, 2.05) is 0 Å². The Hall–Kier alpha value is -2.05. The molecule has 0 saturated carbocycles. The normalized spacial score (nSPS) is 18.4. The molecule has 0 aromatic carbocycles. The number of H-pyrrole nitrogens is 1. The first kappa shape index (κ1) is 14.4. The first-order valence-corrected chi connectivity index (χ1v) is 6.59. The van der Waals surface area contributed by atoms with E-state index in [4.69, 9.17) is 4.74 Å². The topological polar surface area (TPSA) is 87.3 Å². The summed E-state index contributed by atoms with van der Waals surface area (Å²) in [5, 5.41) is 9.36. The molecule has 2 rings (SSSR count). The van der Waals surface area contributed by atoms with Crippen LogP contribution in [0.15, 0.2) is 6.20 Å². The molecule has 0 unspecified atom stereocenters. The van der Waals surface area contributed by atoms with Crippen LogP contribution in [0.4, 0.5) is 10.5 Å². The molecule has 1 atom stereocenters. The zero-order valence-electron chi connectivity index (χ0n) is 12.2. The van der Waals surface area contributed by atoms with Crippen molar-refractivity contribution in [1.29, 1.82) is 0 Å². The molecule has 2 N–H and O–H groups in total. The number of aryl methyl sites for hydroxylation is 1. The minimum atomic E-state index is -0.561. The Labute approximate surface area is 117 Å². The van der Waals surface area contributed by atoms with Gasteiger partial charge in [-0.3, -0.25) is 14.8 Å². The summed E-state index contributed by atoms with van der Waals surface area (Å²) in [6.07, 6.45) is 1.80. The van der Waals surface area contributed by atoms with E-state index in [1.54, 1.807) is 33.9 Å². The van der Waals surface area contributed by atoms with Gasteiger partial charge in [-0.25, -0.2) is 4.79 Å². The Morgan fingerprint density at radius 1 is 1.50 bits per heavy atom. The van der Waals surface area contributed by atoms with Crippen LogP contribution < -0.4 is 5.32 Å². The molecule has 2 heterocycles. The molecule has 7 heteroatoms. The Morgan fingerprint density at radius 2 is 2.20 bits per heavy atom. The average Bonchev–Trinajstić information content (AvgIpc) is 2.59. The molecular formula is C13H20N4O3. The Bertz CT molecular complexity index is 518. The van der Waals surface area contributed by atoms with Gasteiger partial charge < -0.3 is 10.1 Å².